The maximum Gasteiger partial charge on any atom is 0.243 e. The molecule has 1 atom stereocenters. The van der Waals surface area contributed by atoms with Gasteiger partial charge in [-0.1, -0.05) is 0 Å². The van der Waals surface area contributed by atoms with Gasteiger partial charge in [0, 0.05) is 32.2 Å². The third kappa shape index (κ3) is 5.52. The molecule has 1 aromatic carbocycles. The van der Waals surface area contributed by atoms with Crippen LogP contribution in [0.25, 0.3) is 0 Å². The average Bonchev–Trinajstić information content (AvgIpc) is 2.55. The Bertz CT molecular complexity index is 712. The van der Waals surface area contributed by atoms with Crippen molar-refractivity contribution in [3.8, 4) is 0 Å². The number of nitrogens with one attached hydrogen (secondary N) is 3. The Morgan fingerprint density at radius 1 is 1.28 bits per heavy atom. The minimum atomic E-state index is -3.78. The van der Waals surface area contributed by atoms with Crippen molar-refractivity contribution in [1.82, 2.24) is 14.9 Å². The molecule has 0 bridgehead atoms. The zero-order valence-electron chi connectivity index (χ0n) is 14.4. The molecule has 138 valence electrons. The largest absolute Gasteiger partial charge is 0.351 e. The summed E-state index contributed by atoms with van der Waals surface area (Å²) in [6, 6.07) is 5.86. The van der Waals surface area contributed by atoms with Crippen molar-refractivity contribution in [2.45, 2.75) is 30.7 Å². The number of piperidine rings is 1. The first kappa shape index (κ1) is 19.4. The summed E-state index contributed by atoms with van der Waals surface area (Å²) >= 11 is 0. The molecule has 0 aliphatic carbocycles. The van der Waals surface area contributed by atoms with E-state index in [2.05, 4.69) is 16.0 Å². The first-order valence-electron chi connectivity index (χ1n) is 8.13. The molecule has 1 fully saturated rings. The Morgan fingerprint density at radius 2 is 1.96 bits per heavy atom. The molecule has 3 N–H and O–H groups in total. The molecule has 2 rings (SSSR count). The molecule has 8 nitrogen and oxygen atoms in total. The summed E-state index contributed by atoms with van der Waals surface area (Å²) in [6.45, 7) is 2.77. The molecule has 2 amide bonds. The van der Waals surface area contributed by atoms with Crippen molar-refractivity contribution in [2.24, 2.45) is 0 Å². The van der Waals surface area contributed by atoms with Crippen molar-refractivity contribution in [3.05, 3.63) is 24.3 Å². The van der Waals surface area contributed by atoms with E-state index in [1.165, 1.54) is 38.2 Å². The van der Waals surface area contributed by atoms with Crippen molar-refractivity contribution in [2.75, 3.05) is 32.0 Å². The van der Waals surface area contributed by atoms with Crippen LogP contribution >= 0.6 is 0 Å². The van der Waals surface area contributed by atoms with E-state index in [1.807, 2.05) is 0 Å². The van der Waals surface area contributed by atoms with Gasteiger partial charge in [-0.2, -0.15) is 4.31 Å². The van der Waals surface area contributed by atoms with E-state index < -0.39 is 10.0 Å². The summed E-state index contributed by atoms with van der Waals surface area (Å²) in [4.78, 5) is 23.2. The molecule has 0 aromatic heterocycles. The van der Waals surface area contributed by atoms with Crippen LogP contribution in [-0.2, 0) is 19.6 Å². The summed E-state index contributed by atoms with van der Waals surface area (Å²) in [5.74, 6) is -0.559. The molecule has 1 aromatic rings. The van der Waals surface area contributed by atoms with Crippen molar-refractivity contribution >= 4 is 27.5 Å². The van der Waals surface area contributed by atoms with Gasteiger partial charge >= 0.3 is 0 Å². The number of rotatable bonds is 6. The van der Waals surface area contributed by atoms with E-state index in [9.17, 15) is 18.0 Å². The quantitative estimate of drug-likeness (QED) is 0.662. The van der Waals surface area contributed by atoms with Crippen molar-refractivity contribution < 1.29 is 18.0 Å². The van der Waals surface area contributed by atoms with Gasteiger partial charge in [-0.15, -0.1) is 0 Å². The predicted molar refractivity (Wildman–Crippen MR) is 94.6 cm³/mol. The highest BCUT2D eigenvalue weighted by Gasteiger charge is 2.24. The number of likely N-dealkylation sites (N-methyl/N-ethyl adjacent to an activating group) is 1. The number of carbonyl (C=O) groups excluding carboxylic acids is 2. The molecule has 0 saturated carbocycles. The number of hydrogen-bond acceptors (Lipinski definition) is 5. The van der Waals surface area contributed by atoms with Gasteiger partial charge in [0.25, 0.3) is 0 Å². The second kappa shape index (κ2) is 8.41. The van der Waals surface area contributed by atoms with Crippen LogP contribution in [0.4, 0.5) is 5.69 Å². The minimum Gasteiger partial charge on any atom is -0.351 e. The topological polar surface area (TPSA) is 108 Å². The van der Waals surface area contributed by atoms with E-state index in [1.54, 1.807) is 0 Å². The second-order valence-electron chi connectivity index (χ2n) is 6.08. The van der Waals surface area contributed by atoms with Gasteiger partial charge in [-0.25, -0.2) is 8.42 Å². The van der Waals surface area contributed by atoms with E-state index in [4.69, 9.17) is 0 Å². The van der Waals surface area contributed by atoms with Crippen LogP contribution in [0.15, 0.2) is 29.2 Å². The smallest absolute Gasteiger partial charge is 0.243 e. The van der Waals surface area contributed by atoms with Gasteiger partial charge < -0.3 is 16.0 Å². The van der Waals surface area contributed by atoms with Gasteiger partial charge in [-0.05, 0) is 43.7 Å². The molecule has 1 unspecified atom stereocenters. The van der Waals surface area contributed by atoms with Gasteiger partial charge in [0.05, 0.1) is 11.4 Å². The monoisotopic (exact) mass is 368 g/mol. The fraction of sp³-hybridized carbons (Fsp3) is 0.500. The standard InChI is InChI=1S/C16H24N4O4S/c1-12(21)18-13-5-7-15(8-6-13)25(23,24)20(2)11-16(22)19-14-4-3-9-17-10-14/h5-8,14,17H,3-4,9-11H2,1-2H3,(H,18,21)(H,19,22). The zero-order chi connectivity index (χ0) is 18.4. The lowest BCUT2D eigenvalue weighted by Gasteiger charge is -2.25. The van der Waals surface area contributed by atoms with Gasteiger partial charge in [0.2, 0.25) is 21.8 Å². The predicted octanol–water partition coefficient (Wildman–Crippen LogP) is 0.134. The number of hydrogen-bond donors (Lipinski definition) is 3. The molecule has 0 spiro atoms. The fourth-order valence-corrected chi connectivity index (χ4v) is 3.76. The molecule has 9 heteroatoms. The second-order valence-corrected chi connectivity index (χ2v) is 8.12. The maximum atomic E-state index is 12.5. The molecule has 0 radical (unpaired) electrons. The molecular formula is C16H24N4O4S. The molecule has 1 aliphatic heterocycles. The summed E-state index contributed by atoms with van der Waals surface area (Å²) in [5.41, 5.74) is 0.511. The normalized spacial score (nSPS) is 18.0. The molecule has 1 aliphatic rings. The van der Waals surface area contributed by atoms with Crippen LogP contribution in [-0.4, -0.2) is 57.3 Å². The SMILES string of the molecule is CC(=O)Nc1ccc(S(=O)(=O)N(C)CC(=O)NC2CCCNC2)cc1. The highest BCUT2D eigenvalue weighted by Crippen LogP contribution is 2.17. The van der Waals surface area contributed by atoms with Crippen LogP contribution in [0.1, 0.15) is 19.8 Å². The Balaban J connectivity index is 1.97. The Morgan fingerprint density at radius 3 is 2.52 bits per heavy atom. The fourth-order valence-electron chi connectivity index (χ4n) is 2.63. The molecule has 1 heterocycles. The van der Waals surface area contributed by atoms with Crippen LogP contribution in [0.3, 0.4) is 0 Å². The lowest BCUT2D eigenvalue weighted by molar-refractivity contribution is -0.122. The summed E-state index contributed by atoms with van der Waals surface area (Å²) in [5, 5.41) is 8.61. The highest BCUT2D eigenvalue weighted by molar-refractivity contribution is 7.89. The minimum absolute atomic E-state index is 0.0364. The third-order valence-electron chi connectivity index (χ3n) is 3.91. The van der Waals surface area contributed by atoms with E-state index in [0.717, 1.165) is 23.7 Å². The molecule has 25 heavy (non-hydrogen) atoms. The van der Waals surface area contributed by atoms with E-state index >= 15 is 0 Å². The Labute approximate surface area is 148 Å². The average molecular weight is 368 g/mol. The highest BCUT2D eigenvalue weighted by atomic mass is 32.2. The third-order valence-corrected chi connectivity index (χ3v) is 5.73. The number of carbonyl (C=O) groups is 2. The van der Waals surface area contributed by atoms with Gasteiger partial charge in [0.1, 0.15) is 0 Å². The Kier molecular flexibility index (Phi) is 6.51. The first-order chi connectivity index (χ1) is 11.8. The number of amides is 2. The maximum absolute atomic E-state index is 12.5. The summed E-state index contributed by atoms with van der Waals surface area (Å²) < 4.78 is 26.1. The lowest BCUT2D eigenvalue weighted by Crippen LogP contribution is -2.48. The lowest BCUT2D eigenvalue weighted by atomic mass is 10.1. The summed E-state index contributed by atoms with van der Waals surface area (Å²) in [6.07, 6.45) is 1.87. The number of sulfonamides is 1. The number of nitrogens with zero attached hydrogens (tertiary/aromatic N) is 1. The Hall–Kier alpha value is -1.97. The number of benzene rings is 1. The van der Waals surface area contributed by atoms with E-state index in [0.29, 0.717) is 12.2 Å². The number of anilines is 1. The van der Waals surface area contributed by atoms with E-state index in [-0.39, 0.29) is 29.3 Å². The van der Waals surface area contributed by atoms with Crippen LogP contribution < -0.4 is 16.0 Å². The molecule has 1 saturated heterocycles. The van der Waals surface area contributed by atoms with Gasteiger partial charge in [-0.3, -0.25) is 9.59 Å². The zero-order valence-corrected chi connectivity index (χ0v) is 15.2. The van der Waals surface area contributed by atoms with Crippen molar-refractivity contribution in [3.63, 3.8) is 0 Å². The van der Waals surface area contributed by atoms with Gasteiger partial charge in [0.15, 0.2) is 0 Å². The first-order valence-corrected chi connectivity index (χ1v) is 9.57. The van der Waals surface area contributed by atoms with Crippen LogP contribution in [0.5, 0.6) is 0 Å². The van der Waals surface area contributed by atoms with Crippen molar-refractivity contribution in [1.29, 1.82) is 0 Å². The van der Waals surface area contributed by atoms with Crippen LogP contribution in [0.2, 0.25) is 0 Å². The van der Waals surface area contributed by atoms with Crippen LogP contribution in [0, 0.1) is 0 Å². The molecular weight excluding hydrogens is 344 g/mol. The summed E-state index contributed by atoms with van der Waals surface area (Å²) in [7, 11) is -2.41.